The van der Waals surface area contributed by atoms with Gasteiger partial charge in [-0.2, -0.15) is 0 Å². The molecule has 3 aromatic rings. The Morgan fingerprint density at radius 2 is 2.14 bits per heavy atom. The summed E-state index contributed by atoms with van der Waals surface area (Å²) in [6, 6.07) is 8.68. The van der Waals surface area contributed by atoms with Crippen LogP contribution in [0.3, 0.4) is 0 Å². The molecule has 0 atom stereocenters. The van der Waals surface area contributed by atoms with E-state index in [-0.39, 0.29) is 17.2 Å². The molecule has 142 valence electrons. The molecule has 28 heavy (non-hydrogen) atoms. The number of nitrogens with zero attached hydrogens (tertiary/aromatic N) is 5. The van der Waals surface area contributed by atoms with Crippen LogP contribution in [0.15, 0.2) is 47.9 Å². The number of thioether (sulfide) groups is 1. The maximum Gasteiger partial charge on any atom is 0.273 e. The van der Waals surface area contributed by atoms with Gasteiger partial charge in [0.15, 0.2) is 16.8 Å². The third-order valence-electron chi connectivity index (χ3n) is 4.56. The molecule has 0 aliphatic heterocycles. The number of carbonyl (C=O) groups excluding carboxylic acids is 1. The summed E-state index contributed by atoms with van der Waals surface area (Å²) in [4.78, 5) is 27.3. The van der Waals surface area contributed by atoms with Gasteiger partial charge in [0, 0.05) is 41.2 Å². The number of aromatic nitrogens is 4. The van der Waals surface area contributed by atoms with Crippen LogP contribution >= 0.6 is 11.8 Å². The lowest BCUT2D eigenvalue weighted by Crippen LogP contribution is -2.06. The fraction of sp³-hybridized carbons (Fsp3) is 0.263. The largest absolute Gasteiger partial charge is 0.299 e. The van der Waals surface area contributed by atoms with Crippen molar-refractivity contribution in [3.63, 3.8) is 0 Å². The van der Waals surface area contributed by atoms with Gasteiger partial charge in [-0.1, -0.05) is 23.9 Å². The maximum absolute atomic E-state index is 12.6. The minimum absolute atomic E-state index is 0.0455. The van der Waals surface area contributed by atoms with Gasteiger partial charge in [0.05, 0.1) is 10.7 Å². The van der Waals surface area contributed by atoms with E-state index < -0.39 is 4.92 Å². The first kappa shape index (κ1) is 18.3. The molecule has 0 radical (unpaired) electrons. The smallest absolute Gasteiger partial charge is 0.273 e. The van der Waals surface area contributed by atoms with Crippen molar-refractivity contribution in [2.24, 2.45) is 0 Å². The molecule has 2 aromatic heterocycles. The second-order valence-corrected chi connectivity index (χ2v) is 7.56. The molecule has 0 amide bonds. The number of ketones is 1. The fourth-order valence-corrected chi connectivity index (χ4v) is 3.82. The number of aryl methyl sites for hydroxylation is 1. The SMILES string of the molecule is Cc1ccc(C(=O)CSc2nnc(-c3cccnc3)n2C2CC2)cc1[N+](=O)[O-]. The molecule has 2 heterocycles. The molecule has 8 nitrogen and oxygen atoms in total. The van der Waals surface area contributed by atoms with E-state index in [4.69, 9.17) is 0 Å². The number of nitro groups is 1. The molecule has 9 heteroatoms. The highest BCUT2D eigenvalue weighted by Crippen LogP contribution is 2.41. The number of carbonyl (C=O) groups is 1. The lowest BCUT2D eigenvalue weighted by molar-refractivity contribution is -0.385. The highest BCUT2D eigenvalue weighted by atomic mass is 32.2. The number of rotatable bonds is 7. The van der Waals surface area contributed by atoms with Crippen LogP contribution in [0.2, 0.25) is 0 Å². The molecule has 1 aliphatic rings. The molecule has 0 unspecified atom stereocenters. The van der Waals surface area contributed by atoms with E-state index in [2.05, 4.69) is 19.7 Å². The lowest BCUT2D eigenvalue weighted by atomic mass is 10.1. The molecule has 1 fully saturated rings. The lowest BCUT2D eigenvalue weighted by Gasteiger charge is -2.08. The zero-order valence-electron chi connectivity index (χ0n) is 15.1. The van der Waals surface area contributed by atoms with Crippen LogP contribution in [0.25, 0.3) is 11.4 Å². The molecule has 0 bridgehead atoms. The summed E-state index contributed by atoms with van der Waals surface area (Å²) in [5, 5.41) is 20.3. The standard InChI is InChI=1S/C19H17N5O3S/c1-12-4-5-13(9-16(12)24(26)27)17(25)11-28-19-22-21-18(23(19)15-6-7-15)14-3-2-8-20-10-14/h2-5,8-10,15H,6-7,11H2,1H3. The summed E-state index contributed by atoms with van der Waals surface area (Å²) in [5.41, 5.74) is 1.70. The molecule has 1 saturated carbocycles. The minimum Gasteiger partial charge on any atom is -0.299 e. The van der Waals surface area contributed by atoms with E-state index in [1.165, 1.54) is 17.8 Å². The molecule has 1 aromatic carbocycles. The van der Waals surface area contributed by atoms with Gasteiger partial charge in [-0.05, 0) is 31.9 Å². The molecule has 1 aliphatic carbocycles. The summed E-state index contributed by atoms with van der Waals surface area (Å²) >= 11 is 1.30. The van der Waals surface area contributed by atoms with E-state index in [9.17, 15) is 14.9 Å². The predicted molar refractivity (Wildman–Crippen MR) is 104 cm³/mol. The summed E-state index contributed by atoms with van der Waals surface area (Å²) < 4.78 is 2.06. The molecular weight excluding hydrogens is 378 g/mol. The van der Waals surface area contributed by atoms with Crippen LogP contribution in [0.4, 0.5) is 5.69 Å². The van der Waals surface area contributed by atoms with Crippen LogP contribution < -0.4 is 0 Å². The first-order chi connectivity index (χ1) is 13.5. The first-order valence-electron chi connectivity index (χ1n) is 8.81. The van der Waals surface area contributed by atoms with Gasteiger partial charge in [-0.25, -0.2) is 0 Å². The van der Waals surface area contributed by atoms with Crippen LogP contribution in [0, 0.1) is 17.0 Å². The second-order valence-electron chi connectivity index (χ2n) is 6.62. The summed E-state index contributed by atoms with van der Waals surface area (Å²) in [6.45, 7) is 1.65. The van der Waals surface area contributed by atoms with Gasteiger partial charge in [-0.3, -0.25) is 24.5 Å². The number of hydrogen-bond donors (Lipinski definition) is 0. The zero-order chi connectivity index (χ0) is 19.7. The van der Waals surface area contributed by atoms with Crippen molar-refractivity contribution in [1.29, 1.82) is 0 Å². The van der Waals surface area contributed by atoms with Crippen molar-refractivity contribution in [2.75, 3.05) is 5.75 Å². The Kier molecular flexibility index (Phi) is 4.91. The van der Waals surface area contributed by atoms with Crippen molar-refractivity contribution in [2.45, 2.75) is 31.0 Å². The Morgan fingerprint density at radius 3 is 2.82 bits per heavy atom. The van der Waals surface area contributed by atoms with Gasteiger partial charge in [0.2, 0.25) is 0 Å². The third-order valence-corrected chi connectivity index (χ3v) is 5.50. The number of hydrogen-bond acceptors (Lipinski definition) is 7. The highest BCUT2D eigenvalue weighted by Gasteiger charge is 2.30. The van der Waals surface area contributed by atoms with Crippen molar-refractivity contribution in [1.82, 2.24) is 19.7 Å². The van der Waals surface area contributed by atoms with Crippen LogP contribution in [0.1, 0.15) is 34.8 Å². The molecule has 0 spiro atoms. The van der Waals surface area contributed by atoms with Gasteiger partial charge >= 0.3 is 0 Å². The second kappa shape index (κ2) is 7.51. The quantitative estimate of drug-likeness (QED) is 0.259. The van der Waals surface area contributed by atoms with Gasteiger partial charge in [0.25, 0.3) is 5.69 Å². The monoisotopic (exact) mass is 395 g/mol. The highest BCUT2D eigenvalue weighted by molar-refractivity contribution is 7.99. The summed E-state index contributed by atoms with van der Waals surface area (Å²) in [5.74, 6) is 0.705. The van der Waals surface area contributed by atoms with Gasteiger partial charge in [0.1, 0.15) is 0 Å². The average molecular weight is 395 g/mol. The Hall–Kier alpha value is -3.07. The normalized spacial score (nSPS) is 13.5. The first-order valence-corrected chi connectivity index (χ1v) is 9.79. The van der Waals surface area contributed by atoms with E-state index in [0.29, 0.717) is 22.3 Å². The van der Waals surface area contributed by atoms with E-state index in [1.807, 2.05) is 12.1 Å². The molecule has 0 saturated heterocycles. The van der Waals surface area contributed by atoms with Gasteiger partial charge in [-0.15, -0.1) is 10.2 Å². The summed E-state index contributed by atoms with van der Waals surface area (Å²) in [6.07, 6.45) is 5.55. The van der Waals surface area contributed by atoms with E-state index >= 15 is 0 Å². The van der Waals surface area contributed by atoms with Crippen LogP contribution in [-0.4, -0.2) is 36.2 Å². The maximum atomic E-state index is 12.6. The van der Waals surface area contributed by atoms with E-state index in [1.54, 1.807) is 31.5 Å². The number of nitro benzene ring substituents is 1. The Labute approximate surface area is 165 Å². The Morgan fingerprint density at radius 1 is 1.32 bits per heavy atom. The Balaban J connectivity index is 1.54. The third kappa shape index (κ3) is 3.65. The predicted octanol–water partition coefficient (Wildman–Crippen LogP) is 3.87. The summed E-state index contributed by atoms with van der Waals surface area (Å²) in [7, 11) is 0. The van der Waals surface area contributed by atoms with Gasteiger partial charge < -0.3 is 0 Å². The number of benzene rings is 1. The molecular formula is C19H17N5O3S. The zero-order valence-corrected chi connectivity index (χ0v) is 15.9. The Bertz CT molecular complexity index is 1050. The van der Waals surface area contributed by atoms with Crippen LogP contribution in [-0.2, 0) is 0 Å². The van der Waals surface area contributed by atoms with Crippen LogP contribution in [0.5, 0.6) is 0 Å². The number of pyridine rings is 1. The van der Waals surface area contributed by atoms with Crippen molar-refractivity contribution in [3.8, 4) is 11.4 Å². The van der Waals surface area contributed by atoms with Crippen molar-refractivity contribution >= 4 is 23.2 Å². The topological polar surface area (TPSA) is 104 Å². The average Bonchev–Trinajstić information content (AvgIpc) is 3.45. The molecule has 0 N–H and O–H groups in total. The van der Waals surface area contributed by atoms with Crippen molar-refractivity contribution < 1.29 is 9.72 Å². The fourth-order valence-electron chi connectivity index (χ4n) is 2.92. The minimum atomic E-state index is -0.469. The molecule has 4 rings (SSSR count). The van der Waals surface area contributed by atoms with Crippen molar-refractivity contribution in [3.05, 3.63) is 64.0 Å². The van der Waals surface area contributed by atoms with E-state index in [0.717, 1.165) is 24.2 Å². The number of Topliss-reactive ketones (excluding diaryl/α,β-unsaturated/α-hetero) is 1.